The lowest BCUT2D eigenvalue weighted by atomic mass is 9.97. The lowest BCUT2D eigenvalue weighted by Crippen LogP contribution is -2.51. The van der Waals surface area contributed by atoms with Crippen LogP contribution in [0.4, 0.5) is 0 Å². The van der Waals surface area contributed by atoms with E-state index in [0.717, 1.165) is 18.4 Å². The molecule has 0 bridgehead atoms. The van der Waals surface area contributed by atoms with Crippen molar-refractivity contribution in [2.45, 2.75) is 45.3 Å². The maximum Gasteiger partial charge on any atom is 0.226 e. The number of carbonyl (C=O) groups is 1. The van der Waals surface area contributed by atoms with Crippen molar-refractivity contribution in [2.75, 3.05) is 19.8 Å². The fourth-order valence-corrected chi connectivity index (χ4v) is 3.08. The summed E-state index contributed by atoms with van der Waals surface area (Å²) in [5.41, 5.74) is 0.892. The number of ether oxygens (including phenoxy) is 1. The van der Waals surface area contributed by atoms with Gasteiger partial charge in [0.25, 0.3) is 0 Å². The first-order valence-electron chi connectivity index (χ1n) is 8.28. The fourth-order valence-electron chi connectivity index (χ4n) is 3.08. The Balaban J connectivity index is 2.05. The molecule has 4 nitrogen and oxygen atoms in total. The molecule has 0 spiro atoms. The van der Waals surface area contributed by atoms with Crippen molar-refractivity contribution in [1.82, 2.24) is 4.90 Å². The number of morpholine rings is 1. The summed E-state index contributed by atoms with van der Waals surface area (Å²) in [6.07, 6.45) is 1.68. The summed E-state index contributed by atoms with van der Waals surface area (Å²) in [7, 11) is 0. The summed E-state index contributed by atoms with van der Waals surface area (Å²) < 4.78 is 5.54. The molecule has 1 saturated heterocycles. The molecule has 0 saturated carbocycles. The Morgan fingerprint density at radius 3 is 2.64 bits per heavy atom. The molecule has 1 amide bonds. The highest BCUT2D eigenvalue weighted by molar-refractivity contribution is 5.79. The van der Waals surface area contributed by atoms with Crippen LogP contribution < -0.4 is 0 Å². The van der Waals surface area contributed by atoms with Gasteiger partial charge in [-0.15, -0.1) is 0 Å². The summed E-state index contributed by atoms with van der Waals surface area (Å²) >= 11 is 0. The zero-order valence-corrected chi connectivity index (χ0v) is 13.6. The minimum atomic E-state index is -0.565. The number of carbonyl (C=O) groups excluding carboxylic acids is 1. The summed E-state index contributed by atoms with van der Waals surface area (Å²) in [5, 5.41) is 10.4. The van der Waals surface area contributed by atoms with Gasteiger partial charge >= 0.3 is 0 Å². The van der Waals surface area contributed by atoms with E-state index >= 15 is 0 Å². The lowest BCUT2D eigenvalue weighted by molar-refractivity contribution is -0.145. The second-order valence-electron chi connectivity index (χ2n) is 5.94. The van der Waals surface area contributed by atoms with Crippen LogP contribution in [0.1, 0.15) is 44.8 Å². The summed E-state index contributed by atoms with van der Waals surface area (Å²) in [6, 6.07) is 9.56. The standard InChI is InChI=1S/C18H27NO3/c1-3-14(4-2)18(21)19-10-11-22-13-16(19)12-17(20)15-8-6-5-7-9-15/h5-9,14,16-17,20H,3-4,10-13H2,1-2H3/t16-,17-/m1/s1. The Hall–Kier alpha value is -1.39. The van der Waals surface area contributed by atoms with E-state index in [1.54, 1.807) is 0 Å². The van der Waals surface area contributed by atoms with Crippen molar-refractivity contribution in [3.8, 4) is 0 Å². The Labute approximate surface area is 133 Å². The highest BCUT2D eigenvalue weighted by atomic mass is 16.5. The van der Waals surface area contributed by atoms with Crippen LogP contribution in [0.3, 0.4) is 0 Å². The average Bonchev–Trinajstić information content (AvgIpc) is 2.57. The van der Waals surface area contributed by atoms with Crippen molar-refractivity contribution >= 4 is 5.91 Å². The second kappa shape index (κ2) is 8.30. The SMILES string of the molecule is CCC(CC)C(=O)N1CCOC[C@H]1C[C@@H](O)c1ccccc1. The zero-order valence-electron chi connectivity index (χ0n) is 13.6. The summed E-state index contributed by atoms with van der Waals surface area (Å²) in [6.45, 7) is 5.84. The average molecular weight is 305 g/mol. The number of benzene rings is 1. The molecule has 1 aliphatic rings. The molecule has 1 aliphatic heterocycles. The number of nitrogens with zero attached hydrogens (tertiary/aromatic N) is 1. The molecule has 1 fully saturated rings. The van der Waals surface area contributed by atoms with Gasteiger partial charge in [0, 0.05) is 18.9 Å². The molecule has 1 heterocycles. The van der Waals surface area contributed by atoms with E-state index in [9.17, 15) is 9.90 Å². The largest absolute Gasteiger partial charge is 0.388 e. The van der Waals surface area contributed by atoms with E-state index in [1.807, 2.05) is 35.2 Å². The normalized spacial score (nSPS) is 20.2. The van der Waals surface area contributed by atoms with Crippen LogP contribution in [0.15, 0.2) is 30.3 Å². The first kappa shape index (κ1) is 17.0. The molecule has 4 heteroatoms. The predicted molar refractivity (Wildman–Crippen MR) is 86.4 cm³/mol. The minimum absolute atomic E-state index is 0.0444. The van der Waals surface area contributed by atoms with E-state index in [2.05, 4.69) is 13.8 Å². The topological polar surface area (TPSA) is 49.8 Å². The number of hydrogen-bond donors (Lipinski definition) is 1. The molecule has 0 unspecified atom stereocenters. The molecule has 22 heavy (non-hydrogen) atoms. The molecule has 1 aromatic rings. The van der Waals surface area contributed by atoms with Gasteiger partial charge in [-0.25, -0.2) is 0 Å². The third kappa shape index (κ3) is 4.08. The van der Waals surface area contributed by atoms with Crippen LogP contribution >= 0.6 is 0 Å². The van der Waals surface area contributed by atoms with E-state index < -0.39 is 6.10 Å². The first-order chi connectivity index (χ1) is 10.7. The maximum absolute atomic E-state index is 12.7. The molecular weight excluding hydrogens is 278 g/mol. The van der Waals surface area contributed by atoms with Gasteiger partial charge in [0.2, 0.25) is 5.91 Å². The van der Waals surface area contributed by atoms with Crippen molar-refractivity contribution < 1.29 is 14.6 Å². The van der Waals surface area contributed by atoms with Gasteiger partial charge in [-0.3, -0.25) is 4.79 Å². The van der Waals surface area contributed by atoms with Crippen LogP contribution in [0, 0.1) is 5.92 Å². The molecule has 0 aliphatic carbocycles. The van der Waals surface area contributed by atoms with Crippen molar-refractivity contribution in [3.63, 3.8) is 0 Å². The summed E-state index contributed by atoms with van der Waals surface area (Å²) in [4.78, 5) is 14.6. The number of amides is 1. The van der Waals surface area contributed by atoms with Gasteiger partial charge in [-0.05, 0) is 18.4 Å². The number of hydrogen-bond acceptors (Lipinski definition) is 3. The molecule has 2 atom stereocenters. The predicted octanol–water partition coefficient (Wildman–Crippen LogP) is 2.77. The molecule has 2 rings (SSSR count). The van der Waals surface area contributed by atoms with Crippen LogP contribution in [0.2, 0.25) is 0 Å². The third-order valence-corrected chi connectivity index (χ3v) is 4.53. The van der Waals surface area contributed by atoms with E-state index in [1.165, 1.54) is 0 Å². The van der Waals surface area contributed by atoms with Crippen molar-refractivity contribution in [1.29, 1.82) is 0 Å². The van der Waals surface area contributed by atoms with Crippen LogP contribution in [0.5, 0.6) is 0 Å². The number of aliphatic hydroxyl groups is 1. The monoisotopic (exact) mass is 305 g/mol. The van der Waals surface area contributed by atoms with Crippen LogP contribution in [-0.4, -0.2) is 41.7 Å². The maximum atomic E-state index is 12.7. The fraction of sp³-hybridized carbons (Fsp3) is 0.611. The van der Waals surface area contributed by atoms with Crippen molar-refractivity contribution in [3.05, 3.63) is 35.9 Å². The second-order valence-corrected chi connectivity index (χ2v) is 5.94. The Bertz CT molecular complexity index is 459. The van der Waals surface area contributed by atoms with E-state index in [-0.39, 0.29) is 17.9 Å². The van der Waals surface area contributed by atoms with E-state index in [4.69, 9.17) is 4.74 Å². The Morgan fingerprint density at radius 1 is 1.32 bits per heavy atom. The first-order valence-corrected chi connectivity index (χ1v) is 8.28. The van der Waals surface area contributed by atoms with Gasteiger partial charge in [0.05, 0.1) is 25.4 Å². The number of rotatable bonds is 6. The van der Waals surface area contributed by atoms with Gasteiger partial charge in [0.1, 0.15) is 0 Å². The zero-order chi connectivity index (χ0) is 15.9. The molecule has 122 valence electrons. The summed E-state index contributed by atoms with van der Waals surface area (Å²) in [5.74, 6) is 0.285. The van der Waals surface area contributed by atoms with Crippen molar-refractivity contribution in [2.24, 2.45) is 5.92 Å². The third-order valence-electron chi connectivity index (χ3n) is 4.53. The van der Waals surface area contributed by atoms with Gasteiger partial charge in [-0.2, -0.15) is 0 Å². The Morgan fingerprint density at radius 2 is 2.00 bits per heavy atom. The highest BCUT2D eigenvalue weighted by Crippen LogP contribution is 2.24. The van der Waals surface area contributed by atoms with Crippen LogP contribution in [0.25, 0.3) is 0 Å². The van der Waals surface area contributed by atoms with Gasteiger partial charge < -0.3 is 14.7 Å². The molecule has 0 aromatic heterocycles. The molecular formula is C18H27NO3. The smallest absolute Gasteiger partial charge is 0.226 e. The number of aliphatic hydroxyl groups excluding tert-OH is 1. The van der Waals surface area contributed by atoms with E-state index in [0.29, 0.717) is 26.2 Å². The van der Waals surface area contributed by atoms with Gasteiger partial charge in [0.15, 0.2) is 0 Å². The molecule has 0 radical (unpaired) electrons. The van der Waals surface area contributed by atoms with Gasteiger partial charge in [-0.1, -0.05) is 44.2 Å². The highest BCUT2D eigenvalue weighted by Gasteiger charge is 2.32. The molecule has 1 N–H and O–H groups in total. The minimum Gasteiger partial charge on any atom is -0.388 e. The lowest BCUT2D eigenvalue weighted by Gasteiger charge is -2.38. The Kier molecular flexibility index (Phi) is 6.40. The quantitative estimate of drug-likeness (QED) is 0.879. The molecule has 1 aromatic carbocycles. The van der Waals surface area contributed by atoms with Crippen LogP contribution in [-0.2, 0) is 9.53 Å².